The monoisotopic (exact) mass is 302 g/mol. The molecule has 2 aromatic rings. The maximum absolute atomic E-state index is 11.7. The molecule has 0 unspecified atom stereocenters. The van der Waals surface area contributed by atoms with E-state index in [0.717, 1.165) is 0 Å². The zero-order valence-corrected chi connectivity index (χ0v) is 12.7. The number of benzene rings is 1. The molecule has 0 saturated heterocycles. The molecule has 0 spiro atoms. The summed E-state index contributed by atoms with van der Waals surface area (Å²) in [5.41, 5.74) is 0.662. The van der Waals surface area contributed by atoms with Crippen molar-refractivity contribution in [3.8, 4) is 6.07 Å². The van der Waals surface area contributed by atoms with Gasteiger partial charge in [-0.25, -0.2) is 9.89 Å². The molecule has 1 heterocycles. The predicted octanol–water partition coefficient (Wildman–Crippen LogP) is 2.38. The molecule has 6 nitrogen and oxygen atoms in total. The Morgan fingerprint density at radius 2 is 2.19 bits per heavy atom. The van der Waals surface area contributed by atoms with E-state index in [1.54, 1.807) is 18.2 Å². The molecule has 1 aromatic carbocycles. The summed E-state index contributed by atoms with van der Waals surface area (Å²) in [6, 6.07) is 6.83. The Bertz CT molecular complexity index is 783. The molecule has 0 aliphatic rings. The van der Waals surface area contributed by atoms with E-state index in [1.165, 1.54) is 23.3 Å². The van der Waals surface area contributed by atoms with Crippen LogP contribution in [0, 0.1) is 11.3 Å². The number of hydrogen-bond acceptors (Lipinski definition) is 5. The molecule has 108 valence electrons. The minimum atomic E-state index is -0.298. The highest BCUT2D eigenvalue weighted by Gasteiger charge is 2.16. The minimum absolute atomic E-state index is 0.0568. The number of nitrogens with one attached hydrogen (secondary N) is 1. The van der Waals surface area contributed by atoms with Gasteiger partial charge in [-0.05, 0) is 50.7 Å². The Balaban J connectivity index is 2.51. The van der Waals surface area contributed by atoms with Gasteiger partial charge in [0.05, 0.1) is 11.6 Å². The van der Waals surface area contributed by atoms with Crippen molar-refractivity contribution in [1.29, 1.82) is 5.26 Å². The van der Waals surface area contributed by atoms with Gasteiger partial charge in [0, 0.05) is 16.5 Å². The zero-order chi connectivity index (χ0) is 15.6. The van der Waals surface area contributed by atoms with Gasteiger partial charge in [0.2, 0.25) is 0 Å². The number of hydrogen-bond donors (Lipinski definition) is 1. The van der Waals surface area contributed by atoms with Crippen LogP contribution in [0.4, 0.5) is 0 Å². The van der Waals surface area contributed by atoms with Crippen LogP contribution >= 0.6 is 11.8 Å². The molecule has 1 N–H and O–H groups in total. The average Bonchev–Trinajstić information content (AvgIpc) is 2.79. The van der Waals surface area contributed by atoms with Crippen LogP contribution in [0.5, 0.6) is 0 Å². The number of carbonyl (C=O) groups is 1. The van der Waals surface area contributed by atoms with Crippen molar-refractivity contribution in [3.63, 3.8) is 0 Å². The fraction of sp³-hybridized carbons (Fsp3) is 0.286. The number of aromatic nitrogens is 3. The molecule has 7 heteroatoms. The lowest BCUT2D eigenvalue weighted by atomic mass is 10.1. The van der Waals surface area contributed by atoms with Gasteiger partial charge in [-0.2, -0.15) is 5.26 Å². The zero-order valence-electron chi connectivity index (χ0n) is 11.9. The summed E-state index contributed by atoms with van der Waals surface area (Å²) in [7, 11) is 0. The summed E-state index contributed by atoms with van der Waals surface area (Å²) in [5.74, 6) is -0.101. The highest BCUT2D eigenvalue weighted by atomic mass is 32.2. The lowest BCUT2D eigenvalue weighted by Crippen LogP contribution is -2.19. The Morgan fingerprint density at radius 1 is 1.48 bits per heavy atom. The van der Waals surface area contributed by atoms with Crippen LogP contribution in [0.1, 0.15) is 42.7 Å². The van der Waals surface area contributed by atoms with Crippen LogP contribution in [0.2, 0.25) is 0 Å². The van der Waals surface area contributed by atoms with Crippen molar-refractivity contribution in [3.05, 3.63) is 39.8 Å². The van der Waals surface area contributed by atoms with Gasteiger partial charge in [-0.1, -0.05) is 0 Å². The van der Waals surface area contributed by atoms with Crippen molar-refractivity contribution in [2.45, 2.75) is 36.9 Å². The predicted molar refractivity (Wildman–Crippen MR) is 78.5 cm³/mol. The van der Waals surface area contributed by atoms with E-state index in [0.29, 0.717) is 21.2 Å². The summed E-state index contributed by atoms with van der Waals surface area (Å²) in [6.07, 6.45) is 0. The number of nitrogens with zero attached hydrogens (tertiary/aromatic N) is 3. The highest BCUT2D eigenvalue weighted by Crippen LogP contribution is 2.30. The quantitative estimate of drug-likeness (QED) is 0.875. The van der Waals surface area contributed by atoms with Crippen LogP contribution in [0.3, 0.4) is 0 Å². The molecule has 0 saturated carbocycles. The Hall–Kier alpha value is -2.33. The fourth-order valence-electron chi connectivity index (χ4n) is 1.88. The third-order valence-electron chi connectivity index (χ3n) is 2.88. The van der Waals surface area contributed by atoms with Gasteiger partial charge in [-0.3, -0.25) is 9.36 Å². The van der Waals surface area contributed by atoms with E-state index in [1.807, 2.05) is 19.9 Å². The number of rotatable bonds is 4. The third kappa shape index (κ3) is 3.06. The first-order valence-corrected chi connectivity index (χ1v) is 7.15. The van der Waals surface area contributed by atoms with Crippen LogP contribution in [0.25, 0.3) is 0 Å². The van der Waals surface area contributed by atoms with E-state index in [4.69, 9.17) is 5.26 Å². The lowest BCUT2D eigenvalue weighted by Gasteiger charge is -2.10. The first-order valence-electron chi connectivity index (χ1n) is 6.34. The number of nitriles is 1. The maximum atomic E-state index is 11.7. The number of Topliss-reactive ketones (excluding diaryl/α,β-unsaturated/α-hetero) is 1. The molecule has 0 radical (unpaired) electrons. The van der Waals surface area contributed by atoms with Gasteiger partial charge >= 0.3 is 5.69 Å². The molecule has 0 atom stereocenters. The second kappa shape index (κ2) is 5.97. The lowest BCUT2D eigenvalue weighted by molar-refractivity contribution is 0.101. The smallest absolute Gasteiger partial charge is 0.294 e. The van der Waals surface area contributed by atoms with Gasteiger partial charge in [0.15, 0.2) is 10.9 Å². The average molecular weight is 302 g/mol. The number of aromatic amines is 1. The molecule has 1 aromatic heterocycles. The van der Waals surface area contributed by atoms with Crippen LogP contribution in [-0.2, 0) is 0 Å². The first-order chi connectivity index (χ1) is 9.93. The molecule has 0 fully saturated rings. The van der Waals surface area contributed by atoms with Crippen molar-refractivity contribution in [2.75, 3.05) is 0 Å². The van der Waals surface area contributed by atoms with Crippen molar-refractivity contribution in [1.82, 2.24) is 14.8 Å². The standard InChI is InChI=1S/C14H14N4O2S/c1-8(2)18-13(20)16-17-14(18)21-12-6-10(7-15)4-5-11(12)9(3)19/h4-6,8H,1-3H3,(H,16,20). The first kappa shape index (κ1) is 15.1. The molecule has 0 aliphatic carbocycles. The summed E-state index contributed by atoms with van der Waals surface area (Å²) >= 11 is 1.20. The second-order valence-electron chi connectivity index (χ2n) is 4.76. The van der Waals surface area contributed by atoms with Gasteiger partial charge in [-0.15, -0.1) is 5.10 Å². The molecule has 0 aliphatic heterocycles. The topological polar surface area (TPSA) is 91.5 Å². The van der Waals surface area contributed by atoms with Crippen LogP contribution < -0.4 is 5.69 Å². The molecule has 0 bridgehead atoms. The second-order valence-corrected chi connectivity index (χ2v) is 5.77. The van der Waals surface area contributed by atoms with Crippen molar-refractivity contribution in [2.24, 2.45) is 0 Å². The Labute approximate surface area is 125 Å². The minimum Gasteiger partial charge on any atom is -0.294 e. The van der Waals surface area contributed by atoms with E-state index in [-0.39, 0.29) is 17.5 Å². The molecule has 2 rings (SSSR count). The van der Waals surface area contributed by atoms with E-state index in [2.05, 4.69) is 10.2 Å². The Kier molecular flexibility index (Phi) is 4.29. The highest BCUT2D eigenvalue weighted by molar-refractivity contribution is 7.99. The summed E-state index contributed by atoms with van der Waals surface area (Å²) in [6.45, 7) is 5.21. The fourth-order valence-corrected chi connectivity index (χ4v) is 3.07. The maximum Gasteiger partial charge on any atom is 0.344 e. The van der Waals surface area contributed by atoms with E-state index >= 15 is 0 Å². The molecular formula is C14H14N4O2S. The SMILES string of the molecule is CC(=O)c1ccc(C#N)cc1Sc1n[nH]c(=O)n1C(C)C. The van der Waals surface area contributed by atoms with E-state index in [9.17, 15) is 9.59 Å². The summed E-state index contributed by atoms with van der Waals surface area (Å²) in [5, 5.41) is 15.8. The van der Waals surface area contributed by atoms with Gasteiger partial charge in [0.25, 0.3) is 0 Å². The summed E-state index contributed by atoms with van der Waals surface area (Å²) < 4.78 is 1.51. The number of carbonyl (C=O) groups excluding carboxylic acids is 1. The van der Waals surface area contributed by atoms with Crippen LogP contribution in [-0.4, -0.2) is 20.5 Å². The van der Waals surface area contributed by atoms with E-state index < -0.39 is 0 Å². The molecule has 0 amide bonds. The van der Waals surface area contributed by atoms with Crippen LogP contribution in [0.15, 0.2) is 33.0 Å². The number of H-pyrrole nitrogens is 1. The normalized spacial score (nSPS) is 10.6. The molecule has 21 heavy (non-hydrogen) atoms. The molecular weight excluding hydrogens is 288 g/mol. The Morgan fingerprint density at radius 3 is 2.76 bits per heavy atom. The largest absolute Gasteiger partial charge is 0.344 e. The van der Waals surface area contributed by atoms with Gasteiger partial charge in [0.1, 0.15) is 0 Å². The van der Waals surface area contributed by atoms with Crippen molar-refractivity contribution < 1.29 is 4.79 Å². The van der Waals surface area contributed by atoms with Gasteiger partial charge < -0.3 is 0 Å². The summed E-state index contributed by atoms with van der Waals surface area (Å²) in [4.78, 5) is 24.0. The third-order valence-corrected chi connectivity index (χ3v) is 3.91. The number of ketones is 1. The van der Waals surface area contributed by atoms with Crippen molar-refractivity contribution >= 4 is 17.5 Å².